The number of halogens is 2. The van der Waals surface area contributed by atoms with Gasteiger partial charge in [0.2, 0.25) is 5.91 Å². The summed E-state index contributed by atoms with van der Waals surface area (Å²) in [5.74, 6) is 0.132. The maximum Gasteiger partial charge on any atom is 0.238 e. The minimum atomic E-state index is -0.299. The molecular weight excluding hydrogens is 291 g/mol. The summed E-state index contributed by atoms with van der Waals surface area (Å²) < 4.78 is 10.7. The predicted molar refractivity (Wildman–Crippen MR) is 78.4 cm³/mol. The number of carbonyl (C=O) groups excluding carboxylic acids is 1. The molecule has 1 aromatic rings. The minimum Gasteiger partial charge on any atom is -0.487 e. The van der Waals surface area contributed by atoms with E-state index in [2.05, 4.69) is 5.32 Å². The number of nitrogens with two attached hydrogens (primary N) is 1. The van der Waals surface area contributed by atoms with Crippen LogP contribution in [0.4, 0.5) is 5.69 Å². The van der Waals surface area contributed by atoms with Crippen molar-refractivity contribution in [3.05, 3.63) is 23.2 Å². The first-order valence-corrected chi connectivity index (χ1v) is 6.05. The van der Waals surface area contributed by atoms with E-state index in [9.17, 15) is 4.79 Å². The summed E-state index contributed by atoms with van der Waals surface area (Å²) in [7, 11) is 0. The Labute approximate surface area is 123 Å². The van der Waals surface area contributed by atoms with Gasteiger partial charge < -0.3 is 20.5 Å². The molecule has 7 heteroatoms. The van der Waals surface area contributed by atoms with E-state index in [-0.39, 0.29) is 24.9 Å². The van der Waals surface area contributed by atoms with E-state index in [1.807, 2.05) is 6.92 Å². The van der Waals surface area contributed by atoms with Gasteiger partial charge in [-0.2, -0.15) is 0 Å². The summed E-state index contributed by atoms with van der Waals surface area (Å²) in [5, 5.41) is 3.06. The molecule has 0 spiro atoms. The summed E-state index contributed by atoms with van der Waals surface area (Å²) in [5.41, 5.74) is 5.75. The van der Waals surface area contributed by atoms with Gasteiger partial charge in [0.05, 0.1) is 23.9 Å². The Bertz CT molecular complexity index is 403. The number of amides is 1. The largest absolute Gasteiger partial charge is 0.487 e. The van der Waals surface area contributed by atoms with E-state index in [1.165, 1.54) is 0 Å². The molecule has 0 aliphatic carbocycles. The zero-order chi connectivity index (χ0) is 13.4. The van der Waals surface area contributed by atoms with Crippen molar-refractivity contribution in [2.45, 2.75) is 6.92 Å². The zero-order valence-corrected chi connectivity index (χ0v) is 12.2. The summed E-state index contributed by atoms with van der Waals surface area (Å²) >= 11 is 6.02. The fourth-order valence-corrected chi connectivity index (χ4v) is 1.53. The number of nitrogens with one attached hydrogen (secondary N) is 1. The molecule has 0 aliphatic heterocycles. The van der Waals surface area contributed by atoms with Gasteiger partial charge in [-0.05, 0) is 19.1 Å². The monoisotopic (exact) mass is 308 g/mol. The highest BCUT2D eigenvalue weighted by molar-refractivity contribution is 6.32. The van der Waals surface area contributed by atoms with Crippen LogP contribution in [-0.2, 0) is 9.53 Å². The molecule has 0 atom stereocenters. The van der Waals surface area contributed by atoms with E-state index in [0.717, 1.165) is 0 Å². The van der Waals surface area contributed by atoms with E-state index in [1.54, 1.807) is 18.2 Å². The fourth-order valence-electron chi connectivity index (χ4n) is 1.30. The normalized spacial score (nSPS) is 9.63. The average molecular weight is 309 g/mol. The molecule has 0 aliphatic rings. The first-order valence-electron chi connectivity index (χ1n) is 5.68. The lowest BCUT2D eigenvalue weighted by atomic mass is 10.3. The number of anilines is 1. The molecule has 3 N–H and O–H groups in total. The van der Waals surface area contributed by atoms with E-state index in [4.69, 9.17) is 26.8 Å². The second kappa shape index (κ2) is 9.86. The van der Waals surface area contributed by atoms with Crippen molar-refractivity contribution in [3.8, 4) is 5.75 Å². The number of hydrogen-bond donors (Lipinski definition) is 2. The van der Waals surface area contributed by atoms with Gasteiger partial charge in [0.1, 0.15) is 6.61 Å². The van der Waals surface area contributed by atoms with Crippen molar-refractivity contribution in [2.75, 3.05) is 31.7 Å². The number of rotatable bonds is 7. The molecule has 0 fully saturated rings. The molecule has 0 radical (unpaired) electrons. The molecule has 1 rings (SSSR count). The topological polar surface area (TPSA) is 73.6 Å². The van der Waals surface area contributed by atoms with Gasteiger partial charge in [0.15, 0.2) is 5.75 Å². The smallest absolute Gasteiger partial charge is 0.238 e. The van der Waals surface area contributed by atoms with Gasteiger partial charge in [0.25, 0.3) is 0 Å². The SMILES string of the molecule is CCOCCOc1c(Cl)cccc1NC(=O)CN.Cl. The van der Waals surface area contributed by atoms with Gasteiger partial charge in [-0.25, -0.2) is 0 Å². The zero-order valence-electron chi connectivity index (χ0n) is 10.6. The molecule has 0 bridgehead atoms. The Morgan fingerprint density at radius 2 is 2.16 bits per heavy atom. The van der Waals surface area contributed by atoms with Crippen LogP contribution in [0.15, 0.2) is 18.2 Å². The maximum absolute atomic E-state index is 11.3. The Hall–Kier alpha value is -1.01. The van der Waals surface area contributed by atoms with E-state index < -0.39 is 0 Å². The predicted octanol–water partition coefficient (Wildman–Crippen LogP) is 2.07. The molecule has 0 unspecified atom stereocenters. The van der Waals surface area contributed by atoms with Crippen LogP contribution in [0.2, 0.25) is 5.02 Å². The quantitative estimate of drug-likeness (QED) is 0.756. The average Bonchev–Trinajstić information content (AvgIpc) is 2.37. The Morgan fingerprint density at radius 3 is 2.79 bits per heavy atom. The summed E-state index contributed by atoms with van der Waals surface area (Å²) in [6, 6.07) is 5.12. The lowest BCUT2D eigenvalue weighted by Crippen LogP contribution is -2.22. The van der Waals surface area contributed by atoms with Crippen molar-refractivity contribution in [1.82, 2.24) is 0 Å². The van der Waals surface area contributed by atoms with Gasteiger partial charge in [-0.3, -0.25) is 4.79 Å². The third kappa shape index (κ3) is 6.11. The fraction of sp³-hybridized carbons (Fsp3) is 0.417. The first kappa shape index (κ1) is 18.0. The van der Waals surface area contributed by atoms with Crippen molar-refractivity contribution in [3.63, 3.8) is 0 Å². The third-order valence-electron chi connectivity index (χ3n) is 2.10. The first-order chi connectivity index (χ1) is 8.69. The van der Waals surface area contributed by atoms with Crippen molar-refractivity contribution in [1.29, 1.82) is 0 Å². The van der Waals surface area contributed by atoms with Crippen LogP contribution >= 0.6 is 24.0 Å². The second-order valence-electron chi connectivity index (χ2n) is 3.41. The highest BCUT2D eigenvalue weighted by Gasteiger charge is 2.10. The maximum atomic E-state index is 11.3. The summed E-state index contributed by atoms with van der Waals surface area (Å²) in [6.45, 7) is 3.27. The van der Waals surface area contributed by atoms with Crippen molar-refractivity contribution >= 4 is 35.6 Å². The Balaban J connectivity index is 0.00000324. The van der Waals surface area contributed by atoms with Crippen LogP contribution in [0.3, 0.4) is 0 Å². The number of para-hydroxylation sites is 1. The molecule has 1 aromatic carbocycles. The minimum absolute atomic E-state index is 0. The second-order valence-corrected chi connectivity index (χ2v) is 3.82. The number of carbonyl (C=O) groups is 1. The van der Waals surface area contributed by atoms with E-state index in [0.29, 0.717) is 36.3 Å². The number of ether oxygens (including phenoxy) is 2. The molecule has 0 saturated heterocycles. The van der Waals surface area contributed by atoms with Crippen molar-refractivity contribution in [2.24, 2.45) is 5.73 Å². The summed E-state index contributed by atoms with van der Waals surface area (Å²) in [4.78, 5) is 11.3. The van der Waals surface area contributed by atoms with Crippen LogP contribution in [0, 0.1) is 0 Å². The third-order valence-corrected chi connectivity index (χ3v) is 2.40. The van der Waals surface area contributed by atoms with Crippen LogP contribution in [0.25, 0.3) is 0 Å². The molecule has 1 amide bonds. The summed E-state index contributed by atoms with van der Waals surface area (Å²) in [6.07, 6.45) is 0. The van der Waals surface area contributed by atoms with E-state index >= 15 is 0 Å². The van der Waals surface area contributed by atoms with Gasteiger partial charge in [-0.15, -0.1) is 12.4 Å². The van der Waals surface area contributed by atoms with Crippen molar-refractivity contribution < 1.29 is 14.3 Å². The van der Waals surface area contributed by atoms with Crippen LogP contribution in [0.5, 0.6) is 5.75 Å². The van der Waals surface area contributed by atoms with Gasteiger partial charge in [-0.1, -0.05) is 17.7 Å². The van der Waals surface area contributed by atoms with Crippen LogP contribution < -0.4 is 15.8 Å². The molecule has 19 heavy (non-hydrogen) atoms. The molecule has 0 aromatic heterocycles. The van der Waals surface area contributed by atoms with Gasteiger partial charge >= 0.3 is 0 Å². The Morgan fingerprint density at radius 1 is 1.42 bits per heavy atom. The van der Waals surface area contributed by atoms with Gasteiger partial charge in [0, 0.05) is 6.61 Å². The highest BCUT2D eigenvalue weighted by atomic mass is 35.5. The number of hydrogen-bond acceptors (Lipinski definition) is 4. The number of benzene rings is 1. The van der Waals surface area contributed by atoms with Crippen LogP contribution in [-0.4, -0.2) is 32.3 Å². The Kier molecular flexibility index (Phi) is 9.34. The standard InChI is InChI=1S/C12H17ClN2O3.ClH/c1-2-17-6-7-18-12-9(13)4-3-5-10(12)15-11(16)8-14;/h3-5H,2,6-8,14H2,1H3,(H,15,16);1H. The molecule has 0 saturated carbocycles. The molecule has 108 valence electrons. The lowest BCUT2D eigenvalue weighted by Gasteiger charge is -2.13. The lowest BCUT2D eigenvalue weighted by molar-refractivity contribution is -0.114. The van der Waals surface area contributed by atoms with Crippen LogP contribution in [0.1, 0.15) is 6.92 Å². The molecular formula is C12H18Cl2N2O3. The molecule has 5 nitrogen and oxygen atoms in total. The molecule has 0 heterocycles. The highest BCUT2D eigenvalue weighted by Crippen LogP contribution is 2.32.